The molecule has 0 bridgehead atoms. The van der Waals surface area contributed by atoms with Gasteiger partial charge in [0.1, 0.15) is 5.75 Å². The average molecular weight is 313 g/mol. The van der Waals surface area contributed by atoms with E-state index in [1.54, 1.807) is 0 Å². The molecule has 1 heterocycles. The molecule has 0 spiro atoms. The van der Waals surface area contributed by atoms with Crippen molar-refractivity contribution in [1.82, 2.24) is 5.32 Å². The molecule has 5 heteroatoms. The maximum Gasteiger partial charge on any atom is 0.224 e. The molecule has 118 valence electrons. The highest BCUT2D eigenvalue weighted by Crippen LogP contribution is 2.26. The van der Waals surface area contributed by atoms with Crippen LogP contribution in [0.1, 0.15) is 33.1 Å². The SMILES string of the molecule is CC(C)Oc1ccccc1NC(=O)CC1CCNCC1.Cl. The third kappa shape index (κ3) is 5.94. The number of para-hydroxylation sites is 2. The molecule has 1 aliphatic heterocycles. The first-order valence-corrected chi connectivity index (χ1v) is 7.41. The minimum absolute atomic E-state index is 0. The number of hydrogen-bond acceptors (Lipinski definition) is 3. The maximum absolute atomic E-state index is 12.1. The van der Waals surface area contributed by atoms with Gasteiger partial charge < -0.3 is 15.4 Å². The number of piperidine rings is 1. The Morgan fingerprint density at radius 1 is 1.33 bits per heavy atom. The first-order valence-electron chi connectivity index (χ1n) is 7.41. The predicted octanol–water partition coefficient (Wildman–Crippen LogP) is 3.22. The van der Waals surface area contributed by atoms with Gasteiger partial charge in [-0.05, 0) is 57.8 Å². The first kappa shape index (κ1) is 17.8. The monoisotopic (exact) mass is 312 g/mol. The lowest BCUT2D eigenvalue weighted by molar-refractivity contribution is -0.117. The van der Waals surface area contributed by atoms with Gasteiger partial charge in [0.05, 0.1) is 11.8 Å². The molecule has 1 amide bonds. The fraction of sp³-hybridized carbons (Fsp3) is 0.562. The van der Waals surface area contributed by atoms with Gasteiger partial charge in [0, 0.05) is 6.42 Å². The Balaban J connectivity index is 0.00000220. The van der Waals surface area contributed by atoms with Crippen molar-refractivity contribution in [3.8, 4) is 5.75 Å². The zero-order chi connectivity index (χ0) is 14.4. The minimum Gasteiger partial charge on any atom is -0.489 e. The van der Waals surface area contributed by atoms with Crippen LogP contribution in [0, 0.1) is 5.92 Å². The number of halogens is 1. The molecular weight excluding hydrogens is 288 g/mol. The highest BCUT2D eigenvalue weighted by Gasteiger charge is 2.17. The Morgan fingerprint density at radius 2 is 2.00 bits per heavy atom. The van der Waals surface area contributed by atoms with Crippen molar-refractivity contribution in [3.05, 3.63) is 24.3 Å². The van der Waals surface area contributed by atoms with Crippen molar-refractivity contribution in [3.63, 3.8) is 0 Å². The Hall–Kier alpha value is -1.26. The maximum atomic E-state index is 12.1. The second-order valence-electron chi connectivity index (χ2n) is 5.61. The Kier molecular flexibility index (Phi) is 7.54. The van der Waals surface area contributed by atoms with Crippen LogP contribution in [0.15, 0.2) is 24.3 Å². The summed E-state index contributed by atoms with van der Waals surface area (Å²) in [6, 6.07) is 7.60. The summed E-state index contributed by atoms with van der Waals surface area (Å²) >= 11 is 0. The molecule has 1 saturated heterocycles. The average Bonchev–Trinajstić information content (AvgIpc) is 2.41. The zero-order valence-corrected chi connectivity index (χ0v) is 13.5. The van der Waals surface area contributed by atoms with Crippen molar-refractivity contribution >= 4 is 24.0 Å². The summed E-state index contributed by atoms with van der Waals surface area (Å²) < 4.78 is 5.71. The number of hydrogen-bond donors (Lipinski definition) is 2. The molecule has 1 aliphatic rings. The lowest BCUT2D eigenvalue weighted by atomic mass is 9.94. The highest BCUT2D eigenvalue weighted by atomic mass is 35.5. The molecule has 0 aromatic heterocycles. The van der Waals surface area contributed by atoms with Gasteiger partial charge in [-0.15, -0.1) is 12.4 Å². The van der Waals surface area contributed by atoms with E-state index >= 15 is 0 Å². The summed E-state index contributed by atoms with van der Waals surface area (Å²) in [6.45, 7) is 6.00. The second kappa shape index (κ2) is 8.90. The third-order valence-electron chi connectivity index (χ3n) is 3.46. The minimum atomic E-state index is 0. The molecule has 2 rings (SSSR count). The molecule has 1 fully saturated rings. The van der Waals surface area contributed by atoms with Crippen LogP contribution in [0.5, 0.6) is 5.75 Å². The van der Waals surface area contributed by atoms with Gasteiger partial charge in [0.2, 0.25) is 5.91 Å². The third-order valence-corrected chi connectivity index (χ3v) is 3.46. The number of anilines is 1. The smallest absolute Gasteiger partial charge is 0.224 e. The van der Waals surface area contributed by atoms with E-state index in [0.29, 0.717) is 12.3 Å². The normalized spacial score (nSPS) is 15.4. The van der Waals surface area contributed by atoms with Gasteiger partial charge >= 0.3 is 0 Å². The van der Waals surface area contributed by atoms with Crippen LogP contribution < -0.4 is 15.4 Å². The molecule has 0 radical (unpaired) electrons. The largest absolute Gasteiger partial charge is 0.489 e. The van der Waals surface area contributed by atoms with Crippen LogP contribution in [-0.4, -0.2) is 25.1 Å². The van der Waals surface area contributed by atoms with Crippen molar-refractivity contribution < 1.29 is 9.53 Å². The van der Waals surface area contributed by atoms with E-state index < -0.39 is 0 Å². The second-order valence-corrected chi connectivity index (χ2v) is 5.61. The highest BCUT2D eigenvalue weighted by molar-refractivity contribution is 5.92. The lowest BCUT2D eigenvalue weighted by Gasteiger charge is -2.22. The van der Waals surface area contributed by atoms with Gasteiger partial charge in [0.15, 0.2) is 0 Å². The van der Waals surface area contributed by atoms with Gasteiger partial charge in [-0.2, -0.15) is 0 Å². The van der Waals surface area contributed by atoms with Crippen LogP contribution in [0.3, 0.4) is 0 Å². The van der Waals surface area contributed by atoms with Crippen molar-refractivity contribution in [2.75, 3.05) is 18.4 Å². The van der Waals surface area contributed by atoms with Gasteiger partial charge in [-0.1, -0.05) is 12.1 Å². The molecule has 0 aliphatic carbocycles. The lowest BCUT2D eigenvalue weighted by Crippen LogP contribution is -2.30. The van der Waals surface area contributed by atoms with E-state index in [1.165, 1.54) is 0 Å². The molecule has 1 aromatic carbocycles. The molecule has 0 atom stereocenters. The zero-order valence-electron chi connectivity index (χ0n) is 12.7. The number of benzene rings is 1. The van der Waals surface area contributed by atoms with Crippen molar-refractivity contribution in [2.45, 2.75) is 39.2 Å². The molecule has 1 aromatic rings. The molecule has 2 N–H and O–H groups in total. The molecule has 0 saturated carbocycles. The van der Waals surface area contributed by atoms with Crippen LogP contribution in [-0.2, 0) is 4.79 Å². The predicted molar refractivity (Wildman–Crippen MR) is 88.3 cm³/mol. The topological polar surface area (TPSA) is 50.4 Å². The standard InChI is InChI=1S/C16H24N2O2.ClH/c1-12(2)20-15-6-4-3-5-14(15)18-16(19)11-13-7-9-17-10-8-13;/h3-6,12-13,17H,7-11H2,1-2H3,(H,18,19);1H. The number of carbonyl (C=O) groups is 1. The van der Waals surface area contributed by atoms with Crippen LogP contribution in [0.2, 0.25) is 0 Å². The van der Waals surface area contributed by atoms with Crippen molar-refractivity contribution in [1.29, 1.82) is 0 Å². The Labute approximate surface area is 133 Å². The number of rotatable bonds is 5. The molecule has 4 nitrogen and oxygen atoms in total. The fourth-order valence-corrected chi connectivity index (χ4v) is 2.48. The van der Waals surface area contributed by atoms with E-state index in [4.69, 9.17) is 4.74 Å². The van der Waals surface area contributed by atoms with Crippen LogP contribution in [0.4, 0.5) is 5.69 Å². The van der Waals surface area contributed by atoms with Crippen LogP contribution in [0.25, 0.3) is 0 Å². The van der Waals surface area contributed by atoms with Crippen LogP contribution >= 0.6 is 12.4 Å². The Morgan fingerprint density at radius 3 is 2.67 bits per heavy atom. The van der Waals surface area contributed by atoms with E-state index in [-0.39, 0.29) is 24.4 Å². The number of carbonyl (C=O) groups excluding carboxylic acids is 1. The summed E-state index contributed by atoms with van der Waals surface area (Å²) in [5, 5.41) is 6.30. The number of nitrogens with one attached hydrogen (secondary N) is 2. The molecule has 21 heavy (non-hydrogen) atoms. The first-order chi connectivity index (χ1) is 9.65. The van der Waals surface area contributed by atoms with Gasteiger partial charge in [-0.3, -0.25) is 4.79 Å². The summed E-state index contributed by atoms with van der Waals surface area (Å²) in [5.41, 5.74) is 0.764. The van der Waals surface area contributed by atoms with Crippen molar-refractivity contribution in [2.24, 2.45) is 5.92 Å². The van der Waals surface area contributed by atoms with E-state index in [2.05, 4.69) is 10.6 Å². The van der Waals surface area contributed by atoms with E-state index in [0.717, 1.165) is 37.4 Å². The summed E-state index contributed by atoms with van der Waals surface area (Å²) in [4.78, 5) is 12.1. The number of ether oxygens (including phenoxy) is 1. The van der Waals surface area contributed by atoms with Gasteiger partial charge in [0.25, 0.3) is 0 Å². The summed E-state index contributed by atoms with van der Waals surface area (Å²) in [6.07, 6.45) is 2.85. The molecular formula is C16H25ClN2O2. The van der Waals surface area contributed by atoms with E-state index in [1.807, 2.05) is 38.1 Å². The molecule has 0 unspecified atom stereocenters. The Bertz CT molecular complexity index is 446. The quantitative estimate of drug-likeness (QED) is 0.877. The van der Waals surface area contributed by atoms with E-state index in [9.17, 15) is 4.79 Å². The number of amides is 1. The van der Waals surface area contributed by atoms with Gasteiger partial charge in [-0.25, -0.2) is 0 Å². The fourth-order valence-electron chi connectivity index (χ4n) is 2.48. The summed E-state index contributed by atoms with van der Waals surface area (Å²) in [7, 11) is 0. The summed E-state index contributed by atoms with van der Waals surface area (Å²) in [5.74, 6) is 1.31.